The number of carbonyl (C=O) groups excluding carboxylic acids is 1. The van der Waals surface area contributed by atoms with E-state index in [-0.39, 0.29) is 30.0 Å². The first-order valence-electron chi connectivity index (χ1n) is 11.0. The summed E-state index contributed by atoms with van der Waals surface area (Å²) >= 11 is 0. The van der Waals surface area contributed by atoms with Crippen molar-refractivity contribution in [3.63, 3.8) is 0 Å². The average molecular weight is 553 g/mol. The molecule has 0 radical (unpaired) electrons. The number of nitrogens with zero attached hydrogens (tertiary/aromatic N) is 5. The Kier molecular flexibility index (Phi) is 9.80. The molecule has 2 heterocycles. The van der Waals surface area contributed by atoms with E-state index < -0.39 is 0 Å². The van der Waals surface area contributed by atoms with Crippen molar-refractivity contribution in [2.45, 2.75) is 45.7 Å². The molecule has 176 valence electrons. The van der Waals surface area contributed by atoms with Crippen molar-refractivity contribution in [2.75, 3.05) is 32.5 Å². The predicted octanol–water partition coefficient (Wildman–Crippen LogP) is 4.00. The Morgan fingerprint density at radius 3 is 2.66 bits per heavy atom. The van der Waals surface area contributed by atoms with Gasteiger partial charge in [-0.05, 0) is 36.5 Å². The number of guanidine groups is 1. The number of hydrogen-bond donors (Lipinski definition) is 2. The van der Waals surface area contributed by atoms with E-state index in [0.29, 0.717) is 12.5 Å². The molecule has 1 aromatic heterocycles. The van der Waals surface area contributed by atoms with Crippen LogP contribution < -0.4 is 10.6 Å². The molecule has 0 saturated carbocycles. The average Bonchev–Trinajstić information content (AvgIpc) is 3.39. The van der Waals surface area contributed by atoms with Crippen molar-refractivity contribution in [2.24, 2.45) is 12.0 Å². The minimum absolute atomic E-state index is 0. The number of aryl methyl sites for hydroxylation is 1. The first-order chi connectivity index (χ1) is 14.9. The number of aliphatic imine (C=N–C) groups is 1. The molecule has 0 atom stereocenters. The highest BCUT2D eigenvalue weighted by Crippen LogP contribution is 2.19. The van der Waals surface area contributed by atoms with Crippen molar-refractivity contribution in [3.8, 4) is 0 Å². The third-order valence-corrected chi connectivity index (χ3v) is 5.49. The van der Waals surface area contributed by atoms with Crippen LogP contribution >= 0.6 is 24.0 Å². The van der Waals surface area contributed by atoms with E-state index in [2.05, 4.69) is 45.7 Å². The van der Waals surface area contributed by atoms with Gasteiger partial charge < -0.3 is 20.4 Å². The van der Waals surface area contributed by atoms with Crippen molar-refractivity contribution in [3.05, 3.63) is 47.3 Å². The number of urea groups is 1. The number of hydrogen-bond acceptors (Lipinski definition) is 3. The zero-order chi connectivity index (χ0) is 22.4. The SMILES string of the molecule is CN=C(NCc1cccc(NC(=O)N2CCCC2)c1)N(C)Cc1cn(C)nc1C(C)C.I. The summed E-state index contributed by atoms with van der Waals surface area (Å²) in [7, 11) is 5.77. The van der Waals surface area contributed by atoms with Gasteiger partial charge in [0.1, 0.15) is 0 Å². The van der Waals surface area contributed by atoms with Crippen LogP contribution in [0.1, 0.15) is 49.4 Å². The minimum atomic E-state index is -0.0180. The van der Waals surface area contributed by atoms with Gasteiger partial charge in [0.2, 0.25) is 0 Å². The molecule has 9 heteroatoms. The number of anilines is 1. The van der Waals surface area contributed by atoms with Gasteiger partial charge in [0, 0.05) is 64.8 Å². The highest BCUT2D eigenvalue weighted by Gasteiger charge is 2.18. The highest BCUT2D eigenvalue weighted by atomic mass is 127. The van der Waals surface area contributed by atoms with Gasteiger partial charge in [0.15, 0.2) is 5.96 Å². The molecule has 1 fully saturated rings. The fourth-order valence-corrected chi connectivity index (χ4v) is 3.94. The number of halogens is 1. The maximum absolute atomic E-state index is 12.3. The van der Waals surface area contributed by atoms with Crippen LogP contribution in [0.25, 0.3) is 0 Å². The Morgan fingerprint density at radius 1 is 1.28 bits per heavy atom. The van der Waals surface area contributed by atoms with E-state index in [4.69, 9.17) is 0 Å². The first-order valence-corrected chi connectivity index (χ1v) is 11.0. The summed E-state index contributed by atoms with van der Waals surface area (Å²) in [6.45, 7) is 7.35. The topological polar surface area (TPSA) is 77.8 Å². The number of carbonyl (C=O) groups is 1. The molecule has 1 aliphatic heterocycles. The van der Waals surface area contributed by atoms with Gasteiger partial charge in [-0.2, -0.15) is 5.10 Å². The predicted molar refractivity (Wildman–Crippen MR) is 141 cm³/mol. The number of benzene rings is 1. The van der Waals surface area contributed by atoms with Crippen LogP contribution in [0.5, 0.6) is 0 Å². The molecule has 32 heavy (non-hydrogen) atoms. The lowest BCUT2D eigenvalue weighted by Gasteiger charge is -2.22. The molecule has 2 aromatic rings. The second-order valence-electron chi connectivity index (χ2n) is 8.45. The monoisotopic (exact) mass is 553 g/mol. The molecular formula is C23H36IN7O. The molecule has 2 amide bonds. The van der Waals surface area contributed by atoms with Crippen LogP contribution in [0.2, 0.25) is 0 Å². The second-order valence-corrected chi connectivity index (χ2v) is 8.45. The maximum Gasteiger partial charge on any atom is 0.321 e. The lowest BCUT2D eigenvalue weighted by Crippen LogP contribution is -2.38. The molecule has 3 rings (SSSR count). The van der Waals surface area contributed by atoms with E-state index in [0.717, 1.165) is 55.4 Å². The zero-order valence-corrected chi connectivity index (χ0v) is 22.1. The Labute approximate surface area is 208 Å². The molecule has 0 unspecified atom stereocenters. The van der Waals surface area contributed by atoms with Crippen LogP contribution in [0.3, 0.4) is 0 Å². The summed E-state index contributed by atoms with van der Waals surface area (Å²) in [5, 5.41) is 11.0. The zero-order valence-electron chi connectivity index (χ0n) is 19.8. The van der Waals surface area contributed by atoms with Crippen LogP contribution in [-0.4, -0.2) is 58.8 Å². The van der Waals surface area contributed by atoms with Gasteiger partial charge >= 0.3 is 6.03 Å². The number of rotatable bonds is 6. The summed E-state index contributed by atoms with van der Waals surface area (Å²) in [5.74, 6) is 1.18. The smallest absolute Gasteiger partial charge is 0.321 e. The van der Waals surface area contributed by atoms with Gasteiger partial charge in [0.25, 0.3) is 0 Å². The van der Waals surface area contributed by atoms with E-state index in [9.17, 15) is 4.79 Å². The lowest BCUT2D eigenvalue weighted by molar-refractivity contribution is 0.222. The number of nitrogens with one attached hydrogen (secondary N) is 2. The molecule has 0 bridgehead atoms. The van der Waals surface area contributed by atoms with Crippen molar-refractivity contribution < 1.29 is 4.79 Å². The normalized spacial score (nSPS) is 13.8. The fraction of sp³-hybridized carbons (Fsp3) is 0.522. The summed E-state index contributed by atoms with van der Waals surface area (Å²) in [6, 6.07) is 7.92. The quantitative estimate of drug-likeness (QED) is 0.322. The summed E-state index contributed by atoms with van der Waals surface area (Å²) in [4.78, 5) is 20.7. The van der Waals surface area contributed by atoms with Gasteiger partial charge in [-0.25, -0.2) is 4.79 Å². The molecule has 1 aliphatic rings. The standard InChI is InChI=1S/C23H35N7O.HI/c1-17(2)21-19(16-29(5)27-21)15-28(4)22(24-3)25-14-18-9-8-10-20(13-18)26-23(31)30-11-6-7-12-30;/h8-10,13,16-17H,6-7,11-12,14-15H2,1-5H3,(H,24,25)(H,26,31);1H. The van der Waals surface area contributed by atoms with Crippen molar-refractivity contribution in [1.29, 1.82) is 0 Å². The summed E-state index contributed by atoms with van der Waals surface area (Å²) in [5.41, 5.74) is 4.22. The van der Waals surface area contributed by atoms with E-state index in [1.54, 1.807) is 7.05 Å². The number of aromatic nitrogens is 2. The van der Waals surface area contributed by atoms with Crippen LogP contribution in [0, 0.1) is 0 Å². The van der Waals surface area contributed by atoms with E-state index in [1.165, 1.54) is 5.56 Å². The van der Waals surface area contributed by atoms with Crippen LogP contribution in [0.15, 0.2) is 35.5 Å². The third-order valence-electron chi connectivity index (χ3n) is 5.49. The Balaban J connectivity index is 0.00000363. The Morgan fingerprint density at radius 2 is 2.00 bits per heavy atom. The third kappa shape index (κ3) is 6.85. The second kappa shape index (κ2) is 12.1. The summed E-state index contributed by atoms with van der Waals surface area (Å²) in [6.07, 6.45) is 4.25. The van der Waals surface area contributed by atoms with Gasteiger partial charge in [0.05, 0.1) is 5.69 Å². The van der Waals surface area contributed by atoms with Gasteiger partial charge in [-0.3, -0.25) is 9.67 Å². The minimum Gasteiger partial charge on any atom is -0.352 e. The van der Waals surface area contributed by atoms with Crippen LogP contribution in [-0.2, 0) is 20.1 Å². The molecule has 8 nitrogen and oxygen atoms in total. The lowest BCUT2D eigenvalue weighted by atomic mass is 10.1. The molecule has 0 spiro atoms. The Bertz CT molecular complexity index is 919. The highest BCUT2D eigenvalue weighted by molar-refractivity contribution is 14.0. The van der Waals surface area contributed by atoms with Crippen LogP contribution in [0.4, 0.5) is 10.5 Å². The van der Waals surface area contributed by atoms with Crippen molar-refractivity contribution >= 4 is 41.7 Å². The largest absolute Gasteiger partial charge is 0.352 e. The molecular weight excluding hydrogens is 517 g/mol. The molecule has 1 saturated heterocycles. The number of amides is 2. The maximum atomic E-state index is 12.3. The Hall–Kier alpha value is -2.30. The fourth-order valence-electron chi connectivity index (χ4n) is 3.94. The summed E-state index contributed by atoms with van der Waals surface area (Å²) < 4.78 is 1.87. The molecule has 2 N–H and O–H groups in total. The van der Waals surface area contributed by atoms with E-state index in [1.807, 2.05) is 47.9 Å². The van der Waals surface area contributed by atoms with Gasteiger partial charge in [-0.1, -0.05) is 26.0 Å². The van der Waals surface area contributed by atoms with Crippen molar-refractivity contribution in [1.82, 2.24) is 24.9 Å². The van der Waals surface area contributed by atoms with Gasteiger partial charge in [-0.15, -0.1) is 24.0 Å². The first kappa shape index (κ1) is 26.0. The number of likely N-dealkylation sites (tertiary alicyclic amines) is 1. The van der Waals surface area contributed by atoms with E-state index >= 15 is 0 Å². The molecule has 0 aliphatic carbocycles. The molecule has 1 aromatic carbocycles.